The van der Waals surface area contributed by atoms with E-state index in [2.05, 4.69) is 10.6 Å². The summed E-state index contributed by atoms with van der Waals surface area (Å²) in [5.74, 6) is 0.213. The number of hydrogen-bond acceptors (Lipinski definition) is 5. The van der Waals surface area contributed by atoms with Gasteiger partial charge in [0.2, 0.25) is 11.8 Å². The molecule has 2 N–H and O–H groups in total. The van der Waals surface area contributed by atoms with Gasteiger partial charge in [0.25, 0.3) is 0 Å². The summed E-state index contributed by atoms with van der Waals surface area (Å²) < 4.78 is 10.9. The van der Waals surface area contributed by atoms with Gasteiger partial charge in [-0.2, -0.15) is 0 Å². The van der Waals surface area contributed by atoms with Crippen molar-refractivity contribution in [3.05, 3.63) is 59.7 Å². The molecule has 1 heterocycles. The highest BCUT2D eigenvalue weighted by molar-refractivity contribution is 5.90. The normalized spacial score (nSPS) is 18.6. The number of nitrogens with zero attached hydrogens (tertiary/aromatic N) is 1. The Balaban J connectivity index is 1.90. The molecule has 3 rings (SSSR count). The number of rotatable bonds is 8. The molecule has 8 nitrogen and oxygen atoms in total. The minimum atomic E-state index is -0.839. The highest BCUT2D eigenvalue weighted by Crippen LogP contribution is 2.35. The lowest BCUT2D eigenvalue weighted by molar-refractivity contribution is -0.127. The molecule has 1 aliphatic heterocycles. The third-order valence-electron chi connectivity index (χ3n) is 5.40. The monoisotopic (exact) mass is 439 g/mol. The van der Waals surface area contributed by atoms with Gasteiger partial charge in [0, 0.05) is 18.7 Å². The average Bonchev–Trinajstić information content (AvgIpc) is 3.09. The summed E-state index contributed by atoms with van der Waals surface area (Å²) in [4.78, 5) is 38.8. The third-order valence-corrected chi connectivity index (χ3v) is 5.40. The van der Waals surface area contributed by atoms with Crippen LogP contribution >= 0.6 is 0 Å². The molecule has 1 aliphatic rings. The van der Waals surface area contributed by atoms with Gasteiger partial charge in [0.05, 0.1) is 13.7 Å². The zero-order valence-corrected chi connectivity index (χ0v) is 18.8. The van der Waals surface area contributed by atoms with E-state index in [0.29, 0.717) is 17.0 Å². The lowest BCUT2D eigenvalue weighted by atomic mass is 10.00. The van der Waals surface area contributed by atoms with Gasteiger partial charge < -0.3 is 20.1 Å². The minimum Gasteiger partial charge on any atom is -0.497 e. The van der Waals surface area contributed by atoms with Gasteiger partial charge in [-0.05, 0) is 48.7 Å². The highest BCUT2D eigenvalue weighted by Gasteiger charge is 2.47. The number of cyclic esters (lactones) is 1. The van der Waals surface area contributed by atoms with E-state index in [-0.39, 0.29) is 24.4 Å². The minimum absolute atomic E-state index is 0.0420. The molecule has 0 aliphatic carbocycles. The Morgan fingerprint density at radius 1 is 1.19 bits per heavy atom. The van der Waals surface area contributed by atoms with Crippen molar-refractivity contribution in [3.8, 4) is 5.75 Å². The van der Waals surface area contributed by atoms with Crippen molar-refractivity contribution in [2.75, 3.05) is 12.4 Å². The van der Waals surface area contributed by atoms with E-state index < -0.39 is 18.2 Å². The predicted octanol–water partition coefficient (Wildman–Crippen LogP) is 3.63. The van der Waals surface area contributed by atoms with Gasteiger partial charge in [-0.3, -0.25) is 14.5 Å². The molecular formula is C24H29N3O5. The number of anilines is 1. The molecule has 1 saturated heterocycles. The second kappa shape index (κ2) is 10.2. The molecule has 3 amide bonds. The number of ether oxygens (including phenoxy) is 2. The lowest BCUT2D eigenvalue weighted by Crippen LogP contribution is -2.48. The largest absolute Gasteiger partial charge is 0.497 e. The second-order valence-corrected chi connectivity index (χ2v) is 7.85. The van der Waals surface area contributed by atoms with Crippen LogP contribution in [0.3, 0.4) is 0 Å². The van der Waals surface area contributed by atoms with Crippen molar-refractivity contribution in [1.82, 2.24) is 10.2 Å². The number of benzene rings is 2. The van der Waals surface area contributed by atoms with Gasteiger partial charge >= 0.3 is 6.09 Å². The molecule has 32 heavy (non-hydrogen) atoms. The Labute approximate surface area is 187 Å². The van der Waals surface area contributed by atoms with E-state index in [0.717, 1.165) is 12.0 Å². The topological polar surface area (TPSA) is 97.0 Å². The van der Waals surface area contributed by atoms with Crippen LogP contribution in [0.4, 0.5) is 10.5 Å². The van der Waals surface area contributed by atoms with Crippen molar-refractivity contribution >= 4 is 23.6 Å². The van der Waals surface area contributed by atoms with E-state index in [1.54, 1.807) is 31.4 Å². The third kappa shape index (κ3) is 5.38. The number of hydrogen-bond donors (Lipinski definition) is 2. The number of nitrogens with one attached hydrogen (secondary N) is 2. The fraction of sp³-hybridized carbons (Fsp3) is 0.375. The van der Waals surface area contributed by atoms with Crippen molar-refractivity contribution < 1.29 is 23.9 Å². The summed E-state index contributed by atoms with van der Waals surface area (Å²) in [6.07, 6.45) is -0.573. The first kappa shape index (κ1) is 23.1. The number of amides is 3. The van der Waals surface area contributed by atoms with Crippen LogP contribution in [0.1, 0.15) is 44.4 Å². The van der Waals surface area contributed by atoms with Crippen LogP contribution in [0, 0.1) is 0 Å². The Hall–Kier alpha value is -3.55. The fourth-order valence-corrected chi connectivity index (χ4v) is 3.57. The van der Waals surface area contributed by atoms with Crippen LogP contribution in [-0.2, 0) is 20.9 Å². The molecule has 0 radical (unpaired) electrons. The van der Waals surface area contributed by atoms with Crippen LogP contribution in [0.25, 0.3) is 0 Å². The zero-order chi connectivity index (χ0) is 23.3. The smallest absolute Gasteiger partial charge is 0.411 e. The molecule has 2 aromatic rings. The van der Waals surface area contributed by atoms with Gasteiger partial charge in [-0.1, -0.05) is 31.2 Å². The van der Waals surface area contributed by atoms with Crippen molar-refractivity contribution in [1.29, 1.82) is 0 Å². The number of carbonyl (C=O) groups excluding carboxylic acids is 3. The Morgan fingerprint density at radius 2 is 1.91 bits per heavy atom. The first-order chi connectivity index (χ1) is 15.3. The maximum Gasteiger partial charge on any atom is 0.411 e. The maximum absolute atomic E-state index is 13.2. The molecule has 170 valence electrons. The summed E-state index contributed by atoms with van der Waals surface area (Å²) in [5, 5.41) is 5.68. The quantitative estimate of drug-likeness (QED) is 0.655. The molecule has 0 spiro atoms. The Kier molecular flexibility index (Phi) is 7.35. The van der Waals surface area contributed by atoms with Gasteiger partial charge in [-0.25, -0.2) is 4.79 Å². The van der Waals surface area contributed by atoms with Gasteiger partial charge in [-0.15, -0.1) is 0 Å². The van der Waals surface area contributed by atoms with Crippen molar-refractivity contribution in [3.63, 3.8) is 0 Å². The summed E-state index contributed by atoms with van der Waals surface area (Å²) in [6, 6.07) is 13.4. The molecule has 0 bridgehead atoms. The fourth-order valence-electron chi connectivity index (χ4n) is 3.57. The first-order valence-corrected chi connectivity index (χ1v) is 10.6. The number of carbonyl (C=O) groups is 3. The van der Waals surface area contributed by atoms with E-state index in [9.17, 15) is 14.4 Å². The summed E-state index contributed by atoms with van der Waals surface area (Å²) in [5.41, 5.74) is 2.12. The van der Waals surface area contributed by atoms with E-state index in [1.165, 1.54) is 11.8 Å². The molecule has 8 heteroatoms. The van der Waals surface area contributed by atoms with Gasteiger partial charge in [0.1, 0.15) is 5.75 Å². The van der Waals surface area contributed by atoms with Crippen LogP contribution in [0.15, 0.2) is 48.5 Å². The molecule has 3 atom stereocenters. The standard InChI is InChI=1S/C24H29N3O5/c1-5-15(2)25-23(29)21-22(18-9-11-19(12-10-18)26-16(3)28)32-24(30)27(21)14-17-7-6-8-20(13-17)31-4/h6-13,15,21-22H,5,14H2,1-4H3,(H,25,29)(H,26,28). The molecule has 3 unspecified atom stereocenters. The van der Waals surface area contributed by atoms with Crippen LogP contribution < -0.4 is 15.4 Å². The SMILES string of the molecule is CCC(C)NC(=O)C1C(c2ccc(NC(C)=O)cc2)OC(=O)N1Cc1cccc(OC)c1. The molecule has 1 fully saturated rings. The van der Waals surface area contributed by atoms with Crippen LogP contribution in [0.5, 0.6) is 5.75 Å². The average molecular weight is 440 g/mol. The second-order valence-electron chi connectivity index (χ2n) is 7.85. The molecule has 0 aromatic heterocycles. The van der Waals surface area contributed by atoms with Crippen molar-refractivity contribution in [2.45, 2.75) is 51.9 Å². The highest BCUT2D eigenvalue weighted by atomic mass is 16.6. The molecule has 0 saturated carbocycles. The van der Waals surface area contributed by atoms with Gasteiger partial charge in [0.15, 0.2) is 12.1 Å². The number of methoxy groups -OCH3 is 1. The Bertz CT molecular complexity index is 976. The van der Waals surface area contributed by atoms with E-state index >= 15 is 0 Å². The summed E-state index contributed by atoms with van der Waals surface area (Å²) in [6.45, 7) is 5.53. The lowest BCUT2D eigenvalue weighted by Gasteiger charge is -2.25. The summed E-state index contributed by atoms with van der Waals surface area (Å²) in [7, 11) is 1.58. The van der Waals surface area contributed by atoms with E-state index in [4.69, 9.17) is 9.47 Å². The first-order valence-electron chi connectivity index (χ1n) is 10.6. The maximum atomic E-state index is 13.2. The van der Waals surface area contributed by atoms with Crippen molar-refractivity contribution in [2.24, 2.45) is 0 Å². The zero-order valence-electron chi connectivity index (χ0n) is 18.8. The molecule has 2 aromatic carbocycles. The van der Waals surface area contributed by atoms with E-state index in [1.807, 2.05) is 38.1 Å². The summed E-state index contributed by atoms with van der Waals surface area (Å²) >= 11 is 0. The van der Waals surface area contributed by atoms with Crippen LogP contribution in [-0.4, -0.2) is 42.0 Å². The van der Waals surface area contributed by atoms with Crippen LogP contribution in [0.2, 0.25) is 0 Å². The Morgan fingerprint density at radius 3 is 2.53 bits per heavy atom. The molecular weight excluding hydrogens is 410 g/mol. The predicted molar refractivity (Wildman–Crippen MR) is 120 cm³/mol.